The predicted molar refractivity (Wildman–Crippen MR) is 73.8 cm³/mol. The fourth-order valence-corrected chi connectivity index (χ4v) is 3.14. The van der Waals surface area contributed by atoms with Gasteiger partial charge in [0, 0.05) is 0 Å². The number of hydrogen-bond donors (Lipinski definition) is 1. The molecule has 1 aromatic carbocycles. The van der Waals surface area contributed by atoms with E-state index in [1.54, 1.807) is 0 Å². The van der Waals surface area contributed by atoms with Crippen molar-refractivity contribution in [3.8, 4) is 0 Å². The molecule has 0 atom stereocenters. The van der Waals surface area contributed by atoms with Gasteiger partial charge >= 0.3 is 0 Å². The summed E-state index contributed by atoms with van der Waals surface area (Å²) in [4.78, 5) is 2.98. The first-order chi connectivity index (χ1) is 9.72. The topological polar surface area (TPSA) is 59.1 Å². The lowest BCUT2D eigenvalue weighted by atomic mass is 10.3. The van der Waals surface area contributed by atoms with Crippen molar-refractivity contribution in [2.24, 2.45) is 0 Å². The molecule has 0 unspecified atom stereocenters. The SMILES string of the molecule is Cc1nc(Br)ccc1NS(=O)(=O)c1ccc(F)c(F)c1F. The van der Waals surface area contributed by atoms with Crippen LogP contribution in [0, 0.1) is 24.4 Å². The lowest BCUT2D eigenvalue weighted by Gasteiger charge is -2.11. The van der Waals surface area contributed by atoms with Gasteiger partial charge in [-0.05, 0) is 47.1 Å². The zero-order valence-electron chi connectivity index (χ0n) is 10.5. The lowest BCUT2D eigenvalue weighted by molar-refractivity contribution is 0.432. The van der Waals surface area contributed by atoms with Crippen LogP contribution in [0.2, 0.25) is 0 Å². The number of anilines is 1. The highest BCUT2D eigenvalue weighted by Crippen LogP contribution is 2.24. The number of benzene rings is 1. The lowest BCUT2D eigenvalue weighted by Crippen LogP contribution is -2.16. The van der Waals surface area contributed by atoms with Crippen molar-refractivity contribution in [2.45, 2.75) is 11.8 Å². The summed E-state index contributed by atoms with van der Waals surface area (Å²) in [6, 6.07) is 4.07. The second kappa shape index (κ2) is 5.64. The van der Waals surface area contributed by atoms with Crippen LogP contribution in [0.25, 0.3) is 0 Å². The molecule has 1 aromatic heterocycles. The van der Waals surface area contributed by atoms with E-state index >= 15 is 0 Å². The Morgan fingerprint density at radius 1 is 1.10 bits per heavy atom. The van der Waals surface area contributed by atoms with Crippen molar-refractivity contribution in [1.82, 2.24) is 4.98 Å². The summed E-state index contributed by atoms with van der Waals surface area (Å²) < 4.78 is 66.2. The van der Waals surface area contributed by atoms with E-state index in [9.17, 15) is 21.6 Å². The van der Waals surface area contributed by atoms with Gasteiger partial charge in [-0.25, -0.2) is 26.6 Å². The molecule has 0 aliphatic rings. The van der Waals surface area contributed by atoms with Crippen LogP contribution in [0.1, 0.15) is 5.69 Å². The summed E-state index contributed by atoms with van der Waals surface area (Å²) in [5.41, 5.74) is 0.429. The first kappa shape index (κ1) is 15.8. The Kier molecular flexibility index (Phi) is 4.24. The van der Waals surface area contributed by atoms with Crippen molar-refractivity contribution >= 4 is 31.6 Å². The van der Waals surface area contributed by atoms with E-state index in [4.69, 9.17) is 0 Å². The number of aromatic nitrogens is 1. The second-order valence-electron chi connectivity index (χ2n) is 4.05. The molecule has 2 aromatic rings. The van der Waals surface area contributed by atoms with Gasteiger partial charge in [-0.3, -0.25) is 4.72 Å². The van der Waals surface area contributed by atoms with E-state index in [0.717, 1.165) is 0 Å². The maximum Gasteiger partial charge on any atom is 0.264 e. The molecule has 0 bridgehead atoms. The molecule has 21 heavy (non-hydrogen) atoms. The largest absolute Gasteiger partial charge is 0.278 e. The number of nitrogens with zero attached hydrogens (tertiary/aromatic N) is 1. The van der Waals surface area contributed by atoms with Gasteiger partial charge in [0.05, 0.1) is 11.4 Å². The molecule has 1 N–H and O–H groups in total. The van der Waals surface area contributed by atoms with Crippen molar-refractivity contribution in [3.05, 3.63) is 52.0 Å². The smallest absolute Gasteiger partial charge is 0.264 e. The van der Waals surface area contributed by atoms with Crippen molar-refractivity contribution in [1.29, 1.82) is 0 Å². The molecular formula is C12H8BrF3N2O2S. The number of sulfonamides is 1. The predicted octanol–water partition coefficient (Wildman–Crippen LogP) is 3.37. The molecule has 0 aliphatic carbocycles. The van der Waals surface area contributed by atoms with Crippen molar-refractivity contribution in [3.63, 3.8) is 0 Å². The van der Waals surface area contributed by atoms with E-state index in [2.05, 4.69) is 25.6 Å². The Bertz CT molecular complexity index is 812. The average Bonchev–Trinajstić information content (AvgIpc) is 2.39. The molecule has 0 spiro atoms. The van der Waals surface area contributed by atoms with Gasteiger partial charge in [-0.2, -0.15) is 0 Å². The van der Waals surface area contributed by atoms with E-state index in [1.165, 1.54) is 19.1 Å². The summed E-state index contributed by atoms with van der Waals surface area (Å²) in [5, 5.41) is 0. The Labute approximate surface area is 127 Å². The normalized spacial score (nSPS) is 11.5. The minimum absolute atomic E-state index is 0.0994. The summed E-state index contributed by atoms with van der Waals surface area (Å²) in [6.07, 6.45) is 0. The third kappa shape index (κ3) is 3.18. The van der Waals surface area contributed by atoms with Crippen LogP contribution in [-0.2, 0) is 10.0 Å². The Hall–Kier alpha value is -1.61. The molecule has 0 aliphatic heterocycles. The van der Waals surface area contributed by atoms with Gasteiger partial charge in [0.15, 0.2) is 17.5 Å². The van der Waals surface area contributed by atoms with Gasteiger partial charge in [-0.1, -0.05) is 0 Å². The van der Waals surface area contributed by atoms with Gasteiger partial charge in [0.25, 0.3) is 10.0 Å². The number of pyridine rings is 1. The van der Waals surface area contributed by atoms with Crippen LogP contribution in [0.5, 0.6) is 0 Å². The maximum atomic E-state index is 13.6. The first-order valence-corrected chi connectivity index (χ1v) is 7.79. The van der Waals surface area contributed by atoms with Crippen LogP contribution in [-0.4, -0.2) is 13.4 Å². The highest BCUT2D eigenvalue weighted by molar-refractivity contribution is 9.10. The monoisotopic (exact) mass is 380 g/mol. The Morgan fingerprint density at radius 2 is 1.76 bits per heavy atom. The molecule has 4 nitrogen and oxygen atoms in total. The standard InChI is InChI=1S/C12H8BrF3N2O2S/c1-6-8(3-5-10(13)17-6)18-21(19,20)9-4-2-7(14)11(15)12(9)16/h2-5,18H,1H3. The Balaban J connectivity index is 2.46. The first-order valence-electron chi connectivity index (χ1n) is 5.52. The van der Waals surface area contributed by atoms with E-state index in [1.807, 2.05) is 0 Å². The molecule has 9 heteroatoms. The molecular weight excluding hydrogens is 373 g/mol. The maximum absolute atomic E-state index is 13.6. The zero-order chi connectivity index (χ0) is 15.8. The summed E-state index contributed by atoms with van der Waals surface area (Å²) >= 11 is 3.11. The molecule has 0 amide bonds. The van der Waals surface area contributed by atoms with Crippen LogP contribution >= 0.6 is 15.9 Å². The fraction of sp³-hybridized carbons (Fsp3) is 0.0833. The summed E-state index contributed by atoms with van der Waals surface area (Å²) in [6.45, 7) is 1.53. The molecule has 0 saturated heterocycles. The molecule has 0 fully saturated rings. The van der Waals surface area contributed by atoms with Crippen LogP contribution in [0.3, 0.4) is 0 Å². The number of nitrogens with one attached hydrogen (secondary N) is 1. The number of halogens is 4. The van der Waals surface area contributed by atoms with Crippen molar-refractivity contribution < 1.29 is 21.6 Å². The third-order valence-electron chi connectivity index (χ3n) is 2.59. The highest BCUT2D eigenvalue weighted by Gasteiger charge is 2.24. The van der Waals surface area contributed by atoms with Gasteiger partial charge in [0.1, 0.15) is 9.50 Å². The fourth-order valence-electron chi connectivity index (χ4n) is 1.55. The highest BCUT2D eigenvalue weighted by atomic mass is 79.9. The van der Waals surface area contributed by atoms with Crippen LogP contribution in [0.15, 0.2) is 33.8 Å². The number of hydrogen-bond acceptors (Lipinski definition) is 3. The minimum Gasteiger partial charge on any atom is -0.278 e. The van der Waals surface area contributed by atoms with Crippen LogP contribution < -0.4 is 4.72 Å². The Morgan fingerprint density at radius 3 is 2.38 bits per heavy atom. The zero-order valence-corrected chi connectivity index (χ0v) is 12.9. The molecule has 1 heterocycles. The molecule has 112 valence electrons. The number of rotatable bonds is 3. The van der Waals surface area contributed by atoms with Gasteiger partial charge < -0.3 is 0 Å². The van der Waals surface area contributed by atoms with Gasteiger partial charge in [0.2, 0.25) is 0 Å². The molecule has 2 rings (SSSR count). The average molecular weight is 381 g/mol. The molecule has 0 radical (unpaired) electrons. The second-order valence-corrected chi connectivity index (χ2v) is 6.51. The van der Waals surface area contributed by atoms with E-state index in [0.29, 0.717) is 22.4 Å². The van der Waals surface area contributed by atoms with E-state index in [-0.39, 0.29) is 5.69 Å². The van der Waals surface area contributed by atoms with E-state index < -0.39 is 32.4 Å². The third-order valence-corrected chi connectivity index (χ3v) is 4.41. The van der Waals surface area contributed by atoms with Crippen molar-refractivity contribution in [2.75, 3.05) is 4.72 Å². The van der Waals surface area contributed by atoms with Gasteiger partial charge in [-0.15, -0.1) is 0 Å². The van der Waals surface area contributed by atoms with Crippen LogP contribution in [0.4, 0.5) is 18.9 Å². The molecule has 0 saturated carbocycles. The quantitative estimate of drug-likeness (QED) is 0.655. The summed E-state index contributed by atoms with van der Waals surface area (Å²) in [5.74, 6) is -5.08. The minimum atomic E-state index is -4.41. The summed E-state index contributed by atoms with van der Waals surface area (Å²) in [7, 11) is -4.41. The number of aryl methyl sites for hydroxylation is 1.